The molecule has 0 saturated heterocycles. The lowest BCUT2D eigenvalue weighted by Crippen LogP contribution is -2.29. The van der Waals surface area contributed by atoms with E-state index in [1.807, 2.05) is 43.3 Å². The highest BCUT2D eigenvalue weighted by Gasteiger charge is 2.13. The smallest absolute Gasteiger partial charge is 0.272 e. The first-order valence-corrected chi connectivity index (χ1v) is 7.54. The van der Waals surface area contributed by atoms with Crippen LogP contribution >= 0.6 is 11.3 Å². The lowest BCUT2D eigenvalue weighted by atomic mass is 10.2. The van der Waals surface area contributed by atoms with Gasteiger partial charge in [-0.15, -0.1) is 11.3 Å². The molecule has 22 heavy (non-hydrogen) atoms. The van der Waals surface area contributed by atoms with Crippen LogP contribution in [0.15, 0.2) is 42.2 Å². The molecule has 1 aromatic carbocycles. The van der Waals surface area contributed by atoms with E-state index in [-0.39, 0.29) is 5.91 Å². The van der Waals surface area contributed by atoms with Crippen molar-refractivity contribution in [1.29, 1.82) is 0 Å². The largest absolute Gasteiger partial charge is 0.378 e. The molecule has 0 aliphatic carbocycles. The van der Waals surface area contributed by atoms with Crippen molar-refractivity contribution in [2.75, 3.05) is 24.4 Å². The minimum atomic E-state index is -0.221. The van der Waals surface area contributed by atoms with Crippen molar-refractivity contribution in [2.45, 2.75) is 0 Å². The van der Waals surface area contributed by atoms with Gasteiger partial charge in [-0.25, -0.2) is 9.97 Å². The minimum absolute atomic E-state index is 0.221. The molecule has 0 spiro atoms. The van der Waals surface area contributed by atoms with Crippen molar-refractivity contribution in [2.24, 2.45) is 0 Å². The second kappa shape index (κ2) is 5.98. The standard InChI is InChI=1S/C15H15N5OS/c1-20(2)11-5-3-10(4-6-11)18-19-15(21)12-8-22-13-7-16-9-17-14(12)13/h3-9,18H,1-2H3,(H,19,21). The SMILES string of the molecule is CN(C)c1ccc(NNC(=O)c2csc3cncnc23)cc1. The molecule has 7 heteroatoms. The lowest BCUT2D eigenvalue weighted by molar-refractivity contribution is 0.0964. The summed E-state index contributed by atoms with van der Waals surface area (Å²) in [7, 11) is 3.96. The molecule has 0 atom stereocenters. The molecule has 2 aromatic heterocycles. The van der Waals surface area contributed by atoms with Crippen LogP contribution in [0.2, 0.25) is 0 Å². The number of fused-ring (bicyclic) bond motifs is 1. The Labute approximate surface area is 131 Å². The molecule has 0 radical (unpaired) electrons. The first-order valence-electron chi connectivity index (χ1n) is 6.66. The fourth-order valence-corrected chi connectivity index (χ4v) is 2.84. The van der Waals surface area contributed by atoms with Crippen LogP contribution in [0.1, 0.15) is 10.4 Å². The third-order valence-corrected chi connectivity index (χ3v) is 4.09. The summed E-state index contributed by atoms with van der Waals surface area (Å²) >= 11 is 1.45. The quantitative estimate of drug-likeness (QED) is 0.724. The molecule has 2 heterocycles. The molecule has 112 valence electrons. The molecule has 0 fully saturated rings. The molecule has 0 aliphatic rings. The highest BCUT2D eigenvalue weighted by Crippen LogP contribution is 2.22. The van der Waals surface area contributed by atoms with Crippen LogP contribution in [0.25, 0.3) is 10.2 Å². The van der Waals surface area contributed by atoms with Gasteiger partial charge in [0.15, 0.2) is 0 Å². The van der Waals surface area contributed by atoms with E-state index in [4.69, 9.17) is 0 Å². The second-order valence-electron chi connectivity index (χ2n) is 4.91. The van der Waals surface area contributed by atoms with Crippen LogP contribution in [0, 0.1) is 0 Å². The summed E-state index contributed by atoms with van der Waals surface area (Å²) in [6.07, 6.45) is 3.15. The number of carbonyl (C=O) groups excluding carboxylic acids is 1. The molecule has 0 unspecified atom stereocenters. The number of hydrogen-bond acceptors (Lipinski definition) is 6. The predicted molar refractivity (Wildman–Crippen MR) is 89.3 cm³/mol. The zero-order valence-corrected chi connectivity index (χ0v) is 13.0. The number of nitrogens with one attached hydrogen (secondary N) is 2. The summed E-state index contributed by atoms with van der Waals surface area (Å²) in [5.74, 6) is -0.221. The molecule has 3 rings (SSSR count). The van der Waals surface area contributed by atoms with Crippen LogP contribution < -0.4 is 15.8 Å². The van der Waals surface area contributed by atoms with Gasteiger partial charge in [-0.3, -0.25) is 15.6 Å². The Hall–Kier alpha value is -2.67. The predicted octanol–water partition coefficient (Wildman–Crippen LogP) is 2.51. The number of nitrogens with zero attached hydrogens (tertiary/aromatic N) is 3. The van der Waals surface area contributed by atoms with E-state index >= 15 is 0 Å². The van der Waals surface area contributed by atoms with Crippen LogP contribution in [0.4, 0.5) is 11.4 Å². The maximum absolute atomic E-state index is 12.2. The third-order valence-electron chi connectivity index (χ3n) is 3.19. The molecule has 2 N–H and O–H groups in total. The van der Waals surface area contributed by atoms with Crippen LogP contribution in [0.5, 0.6) is 0 Å². The van der Waals surface area contributed by atoms with Crippen molar-refractivity contribution in [1.82, 2.24) is 15.4 Å². The van der Waals surface area contributed by atoms with E-state index < -0.39 is 0 Å². The number of carbonyl (C=O) groups is 1. The van der Waals surface area contributed by atoms with Gasteiger partial charge in [0.05, 0.1) is 21.5 Å². The third kappa shape index (κ3) is 2.84. The summed E-state index contributed by atoms with van der Waals surface area (Å²) in [6.45, 7) is 0. The van der Waals surface area contributed by atoms with E-state index in [1.54, 1.807) is 11.6 Å². The number of amides is 1. The van der Waals surface area contributed by atoms with Crippen LogP contribution in [0.3, 0.4) is 0 Å². The van der Waals surface area contributed by atoms with Gasteiger partial charge in [0, 0.05) is 31.4 Å². The van der Waals surface area contributed by atoms with Gasteiger partial charge in [-0.2, -0.15) is 0 Å². The van der Waals surface area contributed by atoms with Gasteiger partial charge in [0.2, 0.25) is 0 Å². The van der Waals surface area contributed by atoms with Gasteiger partial charge >= 0.3 is 0 Å². The van der Waals surface area contributed by atoms with E-state index in [0.717, 1.165) is 16.1 Å². The molecule has 0 saturated carbocycles. The number of anilines is 2. The average Bonchev–Trinajstić information content (AvgIpc) is 2.97. The Morgan fingerprint density at radius 2 is 2.00 bits per heavy atom. The van der Waals surface area contributed by atoms with Crippen LogP contribution in [-0.4, -0.2) is 30.0 Å². The number of hydrogen-bond donors (Lipinski definition) is 2. The average molecular weight is 313 g/mol. The maximum Gasteiger partial charge on any atom is 0.272 e. The summed E-state index contributed by atoms with van der Waals surface area (Å²) < 4.78 is 0.892. The highest BCUT2D eigenvalue weighted by molar-refractivity contribution is 7.17. The Kier molecular flexibility index (Phi) is 3.88. The normalized spacial score (nSPS) is 10.5. The number of benzene rings is 1. The first kappa shape index (κ1) is 14.3. The van der Waals surface area contributed by atoms with Gasteiger partial charge in [0.25, 0.3) is 5.91 Å². The van der Waals surface area contributed by atoms with E-state index in [2.05, 4.69) is 20.8 Å². The number of rotatable bonds is 4. The van der Waals surface area contributed by atoms with Gasteiger partial charge in [-0.05, 0) is 24.3 Å². The molecule has 0 aliphatic heterocycles. The molecule has 1 amide bonds. The maximum atomic E-state index is 12.2. The second-order valence-corrected chi connectivity index (χ2v) is 5.82. The van der Waals surface area contributed by atoms with Gasteiger partial charge in [-0.1, -0.05) is 0 Å². The number of aromatic nitrogens is 2. The Bertz CT molecular complexity index is 797. The lowest BCUT2D eigenvalue weighted by Gasteiger charge is -2.13. The minimum Gasteiger partial charge on any atom is -0.378 e. The molecular weight excluding hydrogens is 298 g/mol. The summed E-state index contributed by atoms with van der Waals surface area (Å²) in [6, 6.07) is 7.76. The van der Waals surface area contributed by atoms with Crippen molar-refractivity contribution in [3.8, 4) is 0 Å². The summed E-state index contributed by atoms with van der Waals surface area (Å²) in [4.78, 5) is 22.3. The summed E-state index contributed by atoms with van der Waals surface area (Å²) in [5, 5.41) is 1.78. The van der Waals surface area contributed by atoms with Gasteiger partial charge in [0.1, 0.15) is 6.33 Å². The Morgan fingerprint density at radius 1 is 1.23 bits per heavy atom. The summed E-state index contributed by atoms with van der Waals surface area (Å²) in [5.41, 5.74) is 8.71. The number of hydrazine groups is 1. The Balaban J connectivity index is 1.69. The van der Waals surface area contributed by atoms with Crippen LogP contribution in [-0.2, 0) is 0 Å². The molecule has 3 aromatic rings. The molecule has 0 bridgehead atoms. The van der Waals surface area contributed by atoms with E-state index in [9.17, 15) is 4.79 Å². The van der Waals surface area contributed by atoms with Gasteiger partial charge < -0.3 is 4.90 Å². The zero-order valence-electron chi connectivity index (χ0n) is 12.2. The monoisotopic (exact) mass is 313 g/mol. The van der Waals surface area contributed by atoms with E-state index in [0.29, 0.717) is 11.1 Å². The Morgan fingerprint density at radius 3 is 2.73 bits per heavy atom. The van der Waals surface area contributed by atoms with Crippen molar-refractivity contribution in [3.63, 3.8) is 0 Å². The van der Waals surface area contributed by atoms with Crippen molar-refractivity contribution in [3.05, 3.63) is 47.7 Å². The fraction of sp³-hybridized carbons (Fsp3) is 0.133. The first-order chi connectivity index (χ1) is 10.6. The molecule has 6 nitrogen and oxygen atoms in total. The van der Waals surface area contributed by atoms with Crippen molar-refractivity contribution >= 4 is 38.8 Å². The highest BCUT2D eigenvalue weighted by atomic mass is 32.1. The van der Waals surface area contributed by atoms with Crippen molar-refractivity contribution < 1.29 is 4.79 Å². The zero-order chi connectivity index (χ0) is 15.5. The molecular formula is C15H15N5OS. The van der Waals surface area contributed by atoms with E-state index in [1.165, 1.54) is 17.7 Å². The number of thiophene rings is 1. The fourth-order valence-electron chi connectivity index (χ4n) is 1.98. The topological polar surface area (TPSA) is 70.2 Å².